The first-order chi connectivity index (χ1) is 8.24. The predicted octanol–water partition coefficient (Wildman–Crippen LogP) is 1.93. The average Bonchev–Trinajstić information content (AvgIpc) is 2.73. The SMILES string of the molecule is Cc1ncsc1CCOCCCCC(N)=NO. The number of thiazole rings is 1. The lowest BCUT2D eigenvalue weighted by Gasteiger charge is -2.03. The number of oxime groups is 1. The summed E-state index contributed by atoms with van der Waals surface area (Å²) in [5, 5.41) is 11.2. The van der Waals surface area contributed by atoms with Crippen LogP contribution in [0.4, 0.5) is 0 Å². The van der Waals surface area contributed by atoms with Gasteiger partial charge in [0.1, 0.15) is 5.84 Å². The number of nitrogens with zero attached hydrogens (tertiary/aromatic N) is 2. The minimum absolute atomic E-state index is 0.283. The average molecular weight is 257 g/mol. The molecule has 0 unspecified atom stereocenters. The van der Waals surface area contributed by atoms with Crippen molar-refractivity contribution < 1.29 is 9.94 Å². The van der Waals surface area contributed by atoms with Crippen molar-refractivity contribution in [3.05, 3.63) is 16.1 Å². The zero-order valence-electron chi connectivity index (χ0n) is 10.1. The lowest BCUT2D eigenvalue weighted by atomic mass is 10.2. The van der Waals surface area contributed by atoms with Crippen LogP contribution in [-0.2, 0) is 11.2 Å². The van der Waals surface area contributed by atoms with Gasteiger partial charge in [-0.05, 0) is 19.8 Å². The maximum Gasteiger partial charge on any atom is 0.139 e. The molecule has 0 spiro atoms. The maximum atomic E-state index is 8.33. The molecule has 0 radical (unpaired) electrons. The van der Waals surface area contributed by atoms with E-state index in [0.717, 1.165) is 38.2 Å². The Kier molecular flexibility index (Phi) is 6.57. The summed E-state index contributed by atoms with van der Waals surface area (Å²) in [4.78, 5) is 5.48. The highest BCUT2D eigenvalue weighted by Gasteiger charge is 2.00. The fourth-order valence-corrected chi connectivity index (χ4v) is 2.16. The van der Waals surface area contributed by atoms with E-state index in [0.29, 0.717) is 6.42 Å². The minimum Gasteiger partial charge on any atom is -0.409 e. The molecule has 0 aliphatic heterocycles. The van der Waals surface area contributed by atoms with Crippen LogP contribution in [0.25, 0.3) is 0 Å². The summed E-state index contributed by atoms with van der Waals surface area (Å²) >= 11 is 1.67. The number of ether oxygens (including phenoxy) is 1. The molecule has 0 saturated heterocycles. The molecular formula is C11H19N3O2S. The molecule has 0 aliphatic carbocycles. The number of rotatable bonds is 8. The molecule has 1 aromatic heterocycles. The number of aromatic nitrogens is 1. The van der Waals surface area contributed by atoms with Gasteiger partial charge in [-0.2, -0.15) is 0 Å². The van der Waals surface area contributed by atoms with Crippen molar-refractivity contribution in [2.24, 2.45) is 10.9 Å². The molecule has 1 aromatic rings. The number of unbranched alkanes of at least 4 members (excludes halogenated alkanes) is 1. The van der Waals surface area contributed by atoms with Crippen molar-refractivity contribution in [1.82, 2.24) is 4.98 Å². The Morgan fingerprint density at radius 2 is 2.35 bits per heavy atom. The summed E-state index contributed by atoms with van der Waals surface area (Å²) in [7, 11) is 0. The molecule has 1 heterocycles. The molecule has 0 bridgehead atoms. The molecule has 96 valence electrons. The van der Waals surface area contributed by atoms with E-state index in [1.54, 1.807) is 11.3 Å². The Hall–Kier alpha value is -1.14. The fourth-order valence-electron chi connectivity index (χ4n) is 1.39. The van der Waals surface area contributed by atoms with E-state index in [1.807, 2.05) is 12.4 Å². The second-order valence-corrected chi connectivity index (χ2v) is 4.71. The Labute approximate surface area is 105 Å². The smallest absolute Gasteiger partial charge is 0.139 e. The number of amidine groups is 1. The summed E-state index contributed by atoms with van der Waals surface area (Å²) in [6.45, 7) is 3.46. The highest BCUT2D eigenvalue weighted by atomic mass is 32.1. The van der Waals surface area contributed by atoms with E-state index in [2.05, 4.69) is 10.1 Å². The molecule has 3 N–H and O–H groups in total. The highest BCUT2D eigenvalue weighted by Crippen LogP contribution is 2.12. The van der Waals surface area contributed by atoms with Crippen LogP contribution in [0.3, 0.4) is 0 Å². The molecule has 1 rings (SSSR count). The molecule has 0 amide bonds. The van der Waals surface area contributed by atoms with Gasteiger partial charge in [0.25, 0.3) is 0 Å². The van der Waals surface area contributed by atoms with Gasteiger partial charge < -0.3 is 15.7 Å². The topological polar surface area (TPSA) is 80.7 Å². The van der Waals surface area contributed by atoms with E-state index in [4.69, 9.17) is 15.7 Å². The molecule has 0 aliphatic rings. The van der Waals surface area contributed by atoms with Gasteiger partial charge in [-0.25, -0.2) is 4.98 Å². The lowest BCUT2D eigenvalue weighted by Crippen LogP contribution is -2.11. The van der Waals surface area contributed by atoms with Crippen molar-refractivity contribution in [2.45, 2.75) is 32.6 Å². The second-order valence-electron chi connectivity index (χ2n) is 3.77. The monoisotopic (exact) mass is 257 g/mol. The Morgan fingerprint density at radius 3 is 3.00 bits per heavy atom. The van der Waals surface area contributed by atoms with Gasteiger partial charge in [0.2, 0.25) is 0 Å². The first-order valence-corrected chi connectivity index (χ1v) is 6.55. The summed E-state index contributed by atoms with van der Waals surface area (Å²) in [6, 6.07) is 0. The molecule has 0 saturated carbocycles. The Balaban J connectivity index is 1.97. The van der Waals surface area contributed by atoms with E-state index < -0.39 is 0 Å². The van der Waals surface area contributed by atoms with Crippen LogP contribution in [0.5, 0.6) is 0 Å². The molecule has 0 aromatic carbocycles. The van der Waals surface area contributed by atoms with Gasteiger partial charge in [-0.15, -0.1) is 11.3 Å². The van der Waals surface area contributed by atoms with Crippen molar-refractivity contribution in [3.8, 4) is 0 Å². The van der Waals surface area contributed by atoms with Crippen LogP contribution < -0.4 is 5.73 Å². The Bertz CT molecular complexity index is 352. The van der Waals surface area contributed by atoms with Crippen molar-refractivity contribution >= 4 is 17.2 Å². The van der Waals surface area contributed by atoms with Gasteiger partial charge in [-0.1, -0.05) is 5.16 Å². The van der Waals surface area contributed by atoms with Crippen LogP contribution >= 0.6 is 11.3 Å². The number of nitrogens with two attached hydrogens (primary N) is 1. The van der Waals surface area contributed by atoms with E-state index in [9.17, 15) is 0 Å². The molecule has 0 fully saturated rings. The largest absolute Gasteiger partial charge is 0.409 e. The highest BCUT2D eigenvalue weighted by molar-refractivity contribution is 7.09. The number of hydrogen-bond acceptors (Lipinski definition) is 5. The quantitative estimate of drug-likeness (QED) is 0.245. The summed E-state index contributed by atoms with van der Waals surface area (Å²) in [6.07, 6.45) is 3.36. The van der Waals surface area contributed by atoms with Gasteiger partial charge in [0, 0.05) is 24.3 Å². The summed E-state index contributed by atoms with van der Waals surface area (Å²) in [5.41, 5.74) is 8.31. The summed E-state index contributed by atoms with van der Waals surface area (Å²) < 4.78 is 5.51. The van der Waals surface area contributed by atoms with Crippen molar-refractivity contribution in [1.29, 1.82) is 0 Å². The predicted molar refractivity (Wildman–Crippen MR) is 68.6 cm³/mol. The zero-order valence-corrected chi connectivity index (χ0v) is 10.9. The third-order valence-corrected chi connectivity index (χ3v) is 3.41. The van der Waals surface area contributed by atoms with E-state index in [1.165, 1.54) is 4.88 Å². The van der Waals surface area contributed by atoms with Gasteiger partial charge in [0.15, 0.2) is 0 Å². The molecule has 6 heteroatoms. The van der Waals surface area contributed by atoms with Crippen LogP contribution in [0, 0.1) is 6.92 Å². The number of hydrogen-bond donors (Lipinski definition) is 2. The Morgan fingerprint density at radius 1 is 1.53 bits per heavy atom. The van der Waals surface area contributed by atoms with E-state index in [-0.39, 0.29) is 5.84 Å². The van der Waals surface area contributed by atoms with Crippen LogP contribution in [0.15, 0.2) is 10.7 Å². The zero-order chi connectivity index (χ0) is 12.5. The lowest BCUT2D eigenvalue weighted by molar-refractivity contribution is 0.134. The number of aryl methyl sites for hydroxylation is 1. The molecule has 17 heavy (non-hydrogen) atoms. The first kappa shape index (κ1) is 13.9. The molecule has 0 atom stereocenters. The third-order valence-electron chi connectivity index (χ3n) is 2.42. The van der Waals surface area contributed by atoms with Gasteiger partial charge in [-0.3, -0.25) is 0 Å². The van der Waals surface area contributed by atoms with Crippen molar-refractivity contribution in [2.75, 3.05) is 13.2 Å². The van der Waals surface area contributed by atoms with Crippen LogP contribution in [0.2, 0.25) is 0 Å². The van der Waals surface area contributed by atoms with Crippen LogP contribution in [-0.4, -0.2) is 29.2 Å². The normalized spacial score (nSPS) is 11.9. The second kappa shape index (κ2) is 8.03. The first-order valence-electron chi connectivity index (χ1n) is 5.67. The van der Waals surface area contributed by atoms with E-state index >= 15 is 0 Å². The summed E-state index contributed by atoms with van der Waals surface area (Å²) in [5.74, 6) is 0.283. The molecule has 5 nitrogen and oxygen atoms in total. The maximum absolute atomic E-state index is 8.33. The molecular weight excluding hydrogens is 238 g/mol. The fraction of sp³-hybridized carbons (Fsp3) is 0.636. The standard InChI is InChI=1S/C11H19N3O2S/c1-9-10(17-8-13-9)5-7-16-6-3-2-4-11(12)14-15/h8,15H,2-7H2,1H3,(H2,12,14). The van der Waals surface area contributed by atoms with Crippen molar-refractivity contribution in [3.63, 3.8) is 0 Å². The third kappa shape index (κ3) is 5.65. The van der Waals surface area contributed by atoms with Gasteiger partial charge in [0.05, 0.1) is 17.8 Å². The van der Waals surface area contributed by atoms with Gasteiger partial charge >= 0.3 is 0 Å². The van der Waals surface area contributed by atoms with Crippen LogP contribution in [0.1, 0.15) is 29.8 Å². The minimum atomic E-state index is 0.283.